The topological polar surface area (TPSA) is 58.6 Å². The number of hydrogen-bond donors (Lipinski definition) is 0. The lowest BCUT2D eigenvalue weighted by Gasteiger charge is -2.38. The van der Waals surface area contributed by atoms with Crippen LogP contribution in [-0.2, 0) is 16.0 Å². The first-order chi connectivity index (χ1) is 14.3. The average molecular weight is 401 g/mol. The Morgan fingerprint density at radius 3 is 2.59 bits per heavy atom. The van der Waals surface area contributed by atoms with Crippen molar-refractivity contribution in [3.8, 4) is 0 Å². The van der Waals surface area contributed by atoms with Crippen molar-refractivity contribution in [2.75, 3.05) is 32.8 Å². The van der Waals surface area contributed by atoms with Crippen molar-refractivity contribution >= 4 is 5.91 Å². The van der Waals surface area contributed by atoms with Crippen LogP contribution in [0.15, 0.2) is 18.6 Å². The Morgan fingerprint density at radius 2 is 1.90 bits per heavy atom. The summed E-state index contributed by atoms with van der Waals surface area (Å²) in [4.78, 5) is 26.3. The molecule has 0 bridgehead atoms. The quantitative estimate of drug-likeness (QED) is 0.671. The highest BCUT2D eigenvalue weighted by Crippen LogP contribution is 2.28. The van der Waals surface area contributed by atoms with E-state index in [2.05, 4.69) is 19.8 Å². The molecular formula is C23H36N4O2. The monoisotopic (exact) mass is 400 g/mol. The third-order valence-electron chi connectivity index (χ3n) is 6.98. The van der Waals surface area contributed by atoms with E-state index < -0.39 is 0 Å². The Bertz CT molecular complexity index is 621. The van der Waals surface area contributed by atoms with Crippen molar-refractivity contribution in [1.29, 1.82) is 0 Å². The third-order valence-corrected chi connectivity index (χ3v) is 6.98. The summed E-state index contributed by atoms with van der Waals surface area (Å²) < 4.78 is 5.85. The molecule has 0 spiro atoms. The minimum absolute atomic E-state index is 0.217. The number of nitrogens with zero attached hydrogens (tertiary/aromatic N) is 4. The number of likely N-dealkylation sites (tertiary alicyclic amines) is 1. The van der Waals surface area contributed by atoms with Crippen LogP contribution in [0.5, 0.6) is 0 Å². The van der Waals surface area contributed by atoms with Crippen molar-refractivity contribution in [2.24, 2.45) is 5.92 Å². The van der Waals surface area contributed by atoms with Gasteiger partial charge in [-0.3, -0.25) is 14.8 Å². The molecule has 0 N–H and O–H groups in total. The van der Waals surface area contributed by atoms with Crippen LogP contribution < -0.4 is 0 Å². The van der Waals surface area contributed by atoms with Crippen molar-refractivity contribution in [3.05, 3.63) is 24.3 Å². The zero-order valence-corrected chi connectivity index (χ0v) is 17.7. The molecule has 1 atom stereocenters. The average Bonchev–Trinajstić information content (AvgIpc) is 3.47. The summed E-state index contributed by atoms with van der Waals surface area (Å²) >= 11 is 0. The number of carbonyl (C=O) groups excluding carboxylic acids is 1. The van der Waals surface area contributed by atoms with Crippen molar-refractivity contribution in [3.63, 3.8) is 0 Å². The summed E-state index contributed by atoms with van der Waals surface area (Å²) in [5.74, 6) is 0.860. The van der Waals surface area contributed by atoms with Gasteiger partial charge < -0.3 is 14.5 Å². The lowest BCUT2D eigenvalue weighted by atomic mass is 9.94. The van der Waals surface area contributed by atoms with E-state index in [0.29, 0.717) is 18.8 Å². The number of amides is 1. The van der Waals surface area contributed by atoms with E-state index in [0.717, 1.165) is 44.3 Å². The second-order valence-corrected chi connectivity index (χ2v) is 9.05. The van der Waals surface area contributed by atoms with Crippen molar-refractivity contribution in [2.45, 2.75) is 76.4 Å². The molecule has 4 rings (SSSR count). The number of piperidine rings is 1. The number of ether oxygens (including phenoxy) is 1. The molecule has 29 heavy (non-hydrogen) atoms. The predicted molar refractivity (Wildman–Crippen MR) is 112 cm³/mol. The lowest BCUT2D eigenvalue weighted by molar-refractivity contribution is -0.133. The number of carbonyl (C=O) groups is 1. The van der Waals surface area contributed by atoms with E-state index in [-0.39, 0.29) is 12.0 Å². The van der Waals surface area contributed by atoms with Crippen LogP contribution in [-0.4, -0.2) is 70.6 Å². The first-order valence-electron chi connectivity index (χ1n) is 11.7. The zero-order chi connectivity index (χ0) is 19.9. The van der Waals surface area contributed by atoms with E-state index in [9.17, 15) is 4.79 Å². The van der Waals surface area contributed by atoms with Crippen LogP contribution in [0.2, 0.25) is 0 Å². The summed E-state index contributed by atoms with van der Waals surface area (Å²) in [5, 5.41) is 0. The molecule has 160 valence electrons. The fraction of sp³-hybridized carbons (Fsp3) is 0.783. The first kappa shape index (κ1) is 20.7. The molecule has 3 aliphatic rings. The molecule has 1 saturated carbocycles. The summed E-state index contributed by atoms with van der Waals surface area (Å²) in [6, 6.07) is 0.826. The Balaban J connectivity index is 1.29. The molecule has 3 fully saturated rings. The van der Waals surface area contributed by atoms with Gasteiger partial charge in [0.05, 0.1) is 11.8 Å². The number of hydrogen-bond acceptors (Lipinski definition) is 5. The highest BCUT2D eigenvalue weighted by Gasteiger charge is 2.30. The number of aromatic nitrogens is 2. The van der Waals surface area contributed by atoms with E-state index in [1.54, 1.807) is 18.6 Å². The summed E-state index contributed by atoms with van der Waals surface area (Å²) in [5.41, 5.74) is 0.891. The molecule has 2 aliphatic heterocycles. The normalized spacial score (nSPS) is 24.2. The summed E-state index contributed by atoms with van der Waals surface area (Å²) in [6.07, 6.45) is 16.7. The standard InChI is InChI=1S/C23H36N4O2/c28-23(8-7-20-16-24-11-12-25-20)27(18-22-6-3-15-29-22)17-19-9-13-26(14-10-19)21-4-1-2-5-21/h11-12,16,19,21-22H,1-10,13-15,17-18H2/t22-/m1/s1. The van der Waals surface area contributed by atoms with E-state index in [4.69, 9.17) is 4.74 Å². The van der Waals surface area contributed by atoms with Gasteiger partial charge in [0.25, 0.3) is 0 Å². The van der Waals surface area contributed by atoms with Gasteiger partial charge >= 0.3 is 0 Å². The largest absolute Gasteiger partial charge is 0.376 e. The van der Waals surface area contributed by atoms with Gasteiger partial charge in [-0.05, 0) is 64.0 Å². The second kappa shape index (κ2) is 10.5. The highest BCUT2D eigenvalue weighted by molar-refractivity contribution is 5.76. The second-order valence-electron chi connectivity index (χ2n) is 9.05. The van der Waals surface area contributed by atoms with Gasteiger partial charge in [0.2, 0.25) is 5.91 Å². The van der Waals surface area contributed by atoms with Crippen LogP contribution in [0.4, 0.5) is 0 Å². The number of aryl methyl sites for hydroxylation is 1. The minimum Gasteiger partial charge on any atom is -0.376 e. The van der Waals surface area contributed by atoms with Crippen LogP contribution in [0, 0.1) is 5.92 Å². The van der Waals surface area contributed by atoms with E-state index in [1.165, 1.54) is 51.6 Å². The molecule has 1 aromatic heterocycles. The minimum atomic E-state index is 0.217. The van der Waals surface area contributed by atoms with Crippen LogP contribution in [0.3, 0.4) is 0 Å². The molecule has 0 radical (unpaired) electrons. The van der Waals surface area contributed by atoms with Crippen LogP contribution in [0.1, 0.15) is 63.5 Å². The van der Waals surface area contributed by atoms with Gasteiger partial charge in [-0.1, -0.05) is 12.8 Å². The first-order valence-corrected chi connectivity index (χ1v) is 11.7. The molecule has 6 nitrogen and oxygen atoms in total. The zero-order valence-electron chi connectivity index (χ0n) is 17.7. The van der Waals surface area contributed by atoms with Gasteiger partial charge in [-0.15, -0.1) is 0 Å². The Morgan fingerprint density at radius 1 is 1.07 bits per heavy atom. The number of rotatable bonds is 8. The van der Waals surface area contributed by atoms with Gasteiger partial charge in [0, 0.05) is 50.7 Å². The Hall–Kier alpha value is -1.53. The van der Waals surface area contributed by atoms with Gasteiger partial charge in [-0.2, -0.15) is 0 Å². The maximum atomic E-state index is 13.1. The predicted octanol–water partition coefficient (Wildman–Crippen LogP) is 3.07. The SMILES string of the molecule is O=C(CCc1cnccn1)N(CC1CCN(C2CCCC2)CC1)C[C@H]1CCCO1. The molecule has 3 heterocycles. The molecule has 6 heteroatoms. The van der Waals surface area contributed by atoms with Crippen molar-refractivity contribution in [1.82, 2.24) is 19.8 Å². The summed E-state index contributed by atoms with van der Waals surface area (Å²) in [7, 11) is 0. The molecule has 1 aromatic rings. The third kappa shape index (κ3) is 5.98. The fourth-order valence-electron chi connectivity index (χ4n) is 5.25. The van der Waals surface area contributed by atoms with E-state index >= 15 is 0 Å². The Kier molecular flexibility index (Phi) is 7.49. The molecule has 1 amide bonds. The molecule has 0 unspecified atom stereocenters. The van der Waals surface area contributed by atoms with Gasteiger partial charge in [-0.25, -0.2) is 0 Å². The maximum absolute atomic E-state index is 13.1. The molecule has 0 aromatic carbocycles. The van der Waals surface area contributed by atoms with Crippen LogP contribution in [0.25, 0.3) is 0 Å². The molecular weight excluding hydrogens is 364 g/mol. The lowest BCUT2D eigenvalue weighted by Crippen LogP contribution is -2.45. The van der Waals surface area contributed by atoms with Crippen LogP contribution >= 0.6 is 0 Å². The molecule has 1 aliphatic carbocycles. The van der Waals surface area contributed by atoms with Gasteiger partial charge in [0.1, 0.15) is 0 Å². The molecule has 2 saturated heterocycles. The van der Waals surface area contributed by atoms with Gasteiger partial charge in [0.15, 0.2) is 0 Å². The maximum Gasteiger partial charge on any atom is 0.223 e. The summed E-state index contributed by atoms with van der Waals surface area (Å²) in [6.45, 7) is 4.89. The highest BCUT2D eigenvalue weighted by atomic mass is 16.5. The van der Waals surface area contributed by atoms with Crippen molar-refractivity contribution < 1.29 is 9.53 Å². The Labute approximate surface area is 175 Å². The van der Waals surface area contributed by atoms with E-state index in [1.807, 2.05) is 0 Å². The smallest absolute Gasteiger partial charge is 0.223 e. The fourth-order valence-corrected chi connectivity index (χ4v) is 5.25.